The van der Waals surface area contributed by atoms with Crippen molar-refractivity contribution in [3.8, 4) is 0 Å². The van der Waals surface area contributed by atoms with Gasteiger partial charge in [-0.15, -0.1) is 0 Å². The number of fused-ring (bicyclic) bond motifs is 1. The lowest BCUT2D eigenvalue weighted by atomic mass is 9.81. The van der Waals surface area contributed by atoms with E-state index in [2.05, 4.69) is 4.99 Å². The molecule has 1 saturated heterocycles. The molecular formula is C17H21F3N2O4S. The summed E-state index contributed by atoms with van der Waals surface area (Å²) in [6.07, 6.45) is -11.5. The van der Waals surface area contributed by atoms with Gasteiger partial charge in [-0.3, -0.25) is 4.99 Å². The van der Waals surface area contributed by atoms with E-state index in [9.17, 15) is 28.5 Å². The van der Waals surface area contributed by atoms with E-state index in [4.69, 9.17) is 4.74 Å². The molecule has 10 heteroatoms. The zero-order valence-corrected chi connectivity index (χ0v) is 15.5. The van der Waals surface area contributed by atoms with Gasteiger partial charge in [0.15, 0.2) is 10.8 Å². The van der Waals surface area contributed by atoms with Crippen LogP contribution >= 0.6 is 11.8 Å². The molecule has 2 aliphatic heterocycles. The van der Waals surface area contributed by atoms with Crippen LogP contribution in [0.3, 0.4) is 0 Å². The van der Waals surface area contributed by atoms with Gasteiger partial charge in [-0.2, -0.15) is 13.2 Å². The summed E-state index contributed by atoms with van der Waals surface area (Å²) in [4.78, 5) is 5.85. The van der Waals surface area contributed by atoms with Crippen LogP contribution in [0.25, 0.3) is 0 Å². The van der Waals surface area contributed by atoms with Gasteiger partial charge in [0.05, 0.1) is 0 Å². The van der Waals surface area contributed by atoms with E-state index in [1.54, 1.807) is 37.2 Å². The average molecular weight is 406 g/mol. The molecule has 150 valence electrons. The molecule has 1 aromatic rings. The molecule has 27 heavy (non-hydrogen) atoms. The Morgan fingerprint density at radius 3 is 2.33 bits per heavy atom. The number of hydrogen-bond acceptors (Lipinski definition) is 7. The van der Waals surface area contributed by atoms with Gasteiger partial charge in [-0.1, -0.05) is 42.1 Å². The number of rotatable bonds is 3. The second-order valence-electron chi connectivity index (χ2n) is 6.91. The van der Waals surface area contributed by atoms with Crippen molar-refractivity contribution in [2.24, 2.45) is 4.99 Å². The SMILES string of the molecule is CN(C)C1=NC2C(OC(C(O)(Cc3ccccc3)C(F)(F)F)C(O)C2O)S1. The molecule has 6 nitrogen and oxygen atoms in total. The Morgan fingerprint density at radius 2 is 1.78 bits per heavy atom. The number of aliphatic imine (C=N–C) groups is 1. The quantitative estimate of drug-likeness (QED) is 0.695. The third kappa shape index (κ3) is 3.68. The highest BCUT2D eigenvalue weighted by atomic mass is 32.2. The van der Waals surface area contributed by atoms with Crippen LogP contribution in [0.5, 0.6) is 0 Å². The van der Waals surface area contributed by atoms with E-state index >= 15 is 0 Å². The van der Waals surface area contributed by atoms with Crippen LogP contribution in [0.2, 0.25) is 0 Å². The maximum atomic E-state index is 13.9. The molecule has 0 aromatic heterocycles. The molecular weight excluding hydrogens is 385 g/mol. The number of hydrogen-bond donors (Lipinski definition) is 3. The van der Waals surface area contributed by atoms with Crippen LogP contribution in [-0.4, -0.2) is 81.0 Å². The number of ether oxygens (including phenoxy) is 1. The molecule has 2 heterocycles. The number of nitrogens with zero attached hydrogens (tertiary/aromatic N) is 2. The number of amidine groups is 1. The number of benzene rings is 1. The summed E-state index contributed by atoms with van der Waals surface area (Å²) in [5.41, 5.74) is -4.08. The fourth-order valence-corrected chi connectivity index (χ4v) is 4.37. The summed E-state index contributed by atoms with van der Waals surface area (Å²) < 4.78 is 47.1. The van der Waals surface area contributed by atoms with Crippen molar-refractivity contribution in [1.82, 2.24) is 4.90 Å². The molecule has 1 fully saturated rings. The molecule has 0 bridgehead atoms. The van der Waals surface area contributed by atoms with Crippen LogP contribution in [0, 0.1) is 0 Å². The van der Waals surface area contributed by atoms with Crippen LogP contribution in [0.15, 0.2) is 35.3 Å². The monoisotopic (exact) mass is 406 g/mol. The predicted molar refractivity (Wildman–Crippen MR) is 94.3 cm³/mol. The first-order chi connectivity index (χ1) is 12.5. The molecule has 0 aliphatic carbocycles. The summed E-state index contributed by atoms with van der Waals surface area (Å²) in [6, 6.07) is 6.74. The molecule has 6 atom stereocenters. The van der Waals surface area contributed by atoms with Crippen LogP contribution in [0.1, 0.15) is 5.56 Å². The summed E-state index contributed by atoms with van der Waals surface area (Å²) in [6.45, 7) is 0. The summed E-state index contributed by atoms with van der Waals surface area (Å²) in [7, 11) is 3.40. The number of halogens is 3. The van der Waals surface area contributed by atoms with E-state index in [1.807, 2.05) is 0 Å². The van der Waals surface area contributed by atoms with Crippen molar-refractivity contribution in [1.29, 1.82) is 0 Å². The first-order valence-corrected chi connectivity index (χ1v) is 9.19. The van der Waals surface area contributed by atoms with Crippen molar-refractivity contribution in [2.45, 2.75) is 48.0 Å². The van der Waals surface area contributed by atoms with Gasteiger partial charge in [0.1, 0.15) is 29.8 Å². The number of aliphatic hydroxyl groups excluding tert-OH is 2. The summed E-state index contributed by atoms with van der Waals surface area (Å²) in [5.74, 6) is 0. The lowest BCUT2D eigenvalue weighted by molar-refractivity contribution is -0.323. The Morgan fingerprint density at radius 1 is 1.15 bits per heavy atom. The van der Waals surface area contributed by atoms with Gasteiger partial charge in [-0.05, 0) is 5.56 Å². The Balaban J connectivity index is 1.92. The number of alkyl halides is 3. The Bertz CT molecular complexity index is 703. The second kappa shape index (κ2) is 7.25. The Hall–Kier alpha value is -1.33. The minimum Gasteiger partial charge on any atom is -0.388 e. The molecule has 0 saturated carbocycles. The van der Waals surface area contributed by atoms with E-state index in [0.29, 0.717) is 5.17 Å². The topological polar surface area (TPSA) is 85.5 Å². The van der Waals surface area contributed by atoms with Gasteiger partial charge in [-0.25, -0.2) is 0 Å². The van der Waals surface area contributed by atoms with Crippen molar-refractivity contribution in [3.63, 3.8) is 0 Å². The van der Waals surface area contributed by atoms with E-state index < -0.39 is 48.0 Å². The molecule has 1 aromatic carbocycles. The third-order valence-corrected chi connectivity index (χ3v) is 6.01. The Kier molecular flexibility index (Phi) is 5.48. The maximum absolute atomic E-state index is 13.9. The van der Waals surface area contributed by atoms with Gasteiger partial charge >= 0.3 is 6.18 Å². The first-order valence-electron chi connectivity index (χ1n) is 8.31. The molecule has 0 spiro atoms. The average Bonchev–Trinajstić information content (AvgIpc) is 3.02. The van der Waals surface area contributed by atoms with E-state index in [1.165, 1.54) is 12.1 Å². The highest BCUT2D eigenvalue weighted by molar-refractivity contribution is 8.14. The van der Waals surface area contributed by atoms with Crippen LogP contribution in [-0.2, 0) is 11.2 Å². The molecule has 0 amide bonds. The van der Waals surface area contributed by atoms with Crippen molar-refractivity contribution in [3.05, 3.63) is 35.9 Å². The minimum atomic E-state index is -5.09. The van der Waals surface area contributed by atoms with Gasteiger partial charge in [0.2, 0.25) is 0 Å². The summed E-state index contributed by atoms with van der Waals surface area (Å²) in [5, 5.41) is 31.8. The maximum Gasteiger partial charge on any atom is 0.420 e. The first kappa shape index (κ1) is 20.4. The zero-order chi connectivity index (χ0) is 20.0. The van der Waals surface area contributed by atoms with Gasteiger partial charge in [0, 0.05) is 20.5 Å². The van der Waals surface area contributed by atoms with Gasteiger partial charge < -0.3 is 25.0 Å². The predicted octanol–water partition coefficient (Wildman–Crippen LogP) is 1.00. The van der Waals surface area contributed by atoms with Crippen LogP contribution < -0.4 is 0 Å². The molecule has 2 aliphatic rings. The smallest absolute Gasteiger partial charge is 0.388 e. The van der Waals surface area contributed by atoms with Crippen molar-refractivity contribution < 1.29 is 33.2 Å². The molecule has 3 rings (SSSR count). The minimum absolute atomic E-state index is 0.231. The third-order valence-electron chi connectivity index (χ3n) is 4.71. The van der Waals surface area contributed by atoms with Gasteiger partial charge in [0.25, 0.3) is 0 Å². The normalized spacial score (nSPS) is 33.2. The van der Waals surface area contributed by atoms with E-state index in [-0.39, 0.29) is 5.56 Å². The lowest BCUT2D eigenvalue weighted by Crippen LogP contribution is -2.68. The molecule has 3 N–H and O–H groups in total. The standard InChI is InChI=1S/C17H21F3N2O4S/c1-22(2)15-21-10-11(23)12(24)13(26-14(10)27-15)16(25,17(18,19)20)8-9-6-4-3-5-7-9/h3-7,10-14,23-25H,8H2,1-2H3. The van der Waals surface area contributed by atoms with Crippen molar-refractivity contribution >= 4 is 16.9 Å². The molecule has 0 radical (unpaired) electrons. The number of aliphatic hydroxyl groups is 3. The fourth-order valence-electron chi connectivity index (χ4n) is 3.23. The second-order valence-corrected chi connectivity index (χ2v) is 7.97. The highest BCUT2D eigenvalue weighted by Gasteiger charge is 2.65. The molecule has 6 unspecified atom stereocenters. The fraction of sp³-hybridized carbons (Fsp3) is 0.588. The van der Waals surface area contributed by atoms with Crippen molar-refractivity contribution in [2.75, 3.05) is 14.1 Å². The largest absolute Gasteiger partial charge is 0.420 e. The summed E-state index contributed by atoms with van der Waals surface area (Å²) >= 11 is 1.05. The van der Waals surface area contributed by atoms with Crippen LogP contribution in [0.4, 0.5) is 13.2 Å². The Labute approximate surface area is 158 Å². The van der Waals surface area contributed by atoms with E-state index in [0.717, 1.165) is 11.8 Å². The highest BCUT2D eigenvalue weighted by Crippen LogP contribution is 2.45. The zero-order valence-electron chi connectivity index (χ0n) is 14.7. The number of thioether (sulfide) groups is 1. The lowest BCUT2D eigenvalue weighted by Gasteiger charge is -2.46.